The second-order valence-electron chi connectivity index (χ2n) is 8.30. The highest BCUT2D eigenvalue weighted by molar-refractivity contribution is 7.17. The molecule has 0 atom stereocenters. The maximum atomic E-state index is 12.8. The Bertz CT molecular complexity index is 1710. The molecule has 0 amide bonds. The third kappa shape index (κ3) is 5.35. The molecule has 0 saturated carbocycles. The summed E-state index contributed by atoms with van der Waals surface area (Å²) in [5.74, 6) is 1.97. The van der Waals surface area contributed by atoms with E-state index >= 15 is 0 Å². The SMILES string of the molecule is CCOC(=O)c1sc(/N=c2\cc(-c3ccc(OC)c(OC)c3)oc3ccc(OC)cc23)nc1-c1ccccc1. The number of fused-ring (bicyclic) bond motifs is 1. The molecule has 9 heteroatoms. The number of benzene rings is 3. The molecule has 0 aliphatic heterocycles. The lowest BCUT2D eigenvalue weighted by molar-refractivity contribution is 0.0532. The van der Waals surface area contributed by atoms with Gasteiger partial charge in [-0.3, -0.25) is 0 Å². The molecule has 5 aromatic rings. The lowest BCUT2D eigenvalue weighted by Crippen LogP contribution is -2.03. The van der Waals surface area contributed by atoms with Gasteiger partial charge in [-0.15, -0.1) is 0 Å². The van der Waals surface area contributed by atoms with Crippen molar-refractivity contribution in [2.24, 2.45) is 4.99 Å². The van der Waals surface area contributed by atoms with Crippen molar-refractivity contribution in [2.45, 2.75) is 6.92 Å². The smallest absolute Gasteiger partial charge is 0.350 e. The van der Waals surface area contributed by atoms with Crippen molar-refractivity contribution < 1.29 is 28.2 Å². The zero-order chi connectivity index (χ0) is 27.4. The number of rotatable bonds is 8. The van der Waals surface area contributed by atoms with Crippen LogP contribution in [-0.4, -0.2) is 38.9 Å². The zero-order valence-electron chi connectivity index (χ0n) is 21.9. The van der Waals surface area contributed by atoms with Crippen molar-refractivity contribution >= 4 is 33.4 Å². The van der Waals surface area contributed by atoms with Gasteiger partial charge >= 0.3 is 5.97 Å². The fourth-order valence-electron chi connectivity index (χ4n) is 4.09. The van der Waals surface area contributed by atoms with E-state index < -0.39 is 5.97 Å². The van der Waals surface area contributed by atoms with Gasteiger partial charge in [-0.05, 0) is 43.3 Å². The van der Waals surface area contributed by atoms with E-state index in [1.165, 1.54) is 11.3 Å². The van der Waals surface area contributed by atoms with Gasteiger partial charge in [0.15, 0.2) is 11.5 Å². The summed E-state index contributed by atoms with van der Waals surface area (Å²) in [5.41, 5.74) is 2.71. The van der Waals surface area contributed by atoms with Crippen molar-refractivity contribution in [1.29, 1.82) is 0 Å². The number of carbonyl (C=O) groups is 1. The van der Waals surface area contributed by atoms with Crippen LogP contribution >= 0.6 is 11.3 Å². The van der Waals surface area contributed by atoms with E-state index in [4.69, 9.17) is 33.3 Å². The topological polar surface area (TPSA) is 92.4 Å². The summed E-state index contributed by atoms with van der Waals surface area (Å²) in [5, 5.41) is 1.74. The van der Waals surface area contributed by atoms with E-state index in [-0.39, 0.29) is 6.61 Å². The number of hydrogen-bond acceptors (Lipinski definition) is 9. The predicted molar refractivity (Wildman–Crippen MR) is 150 cm³/mol. The number of ether oxygens (including phenoxy) is 4. The first-order valence-electron chi connectivity index (χ1n) is 12.2. The molecule has 0 unspecified atom stereocenters. The minimum atomic E-state index is -0.434. The molecule has 3 aromatic carbocycles. The molecule has 0 spiro atoms. The van der Waals surface area contributed by atoms with E-state index in [1.807, 2.05) is 72.8 Å². The van der Waals surface area contributed by atoms with Crippen LogP contribution in [0.4, 0.5) is 5.13 Å². The predicted octanol–water partition coefficient (Wildman–Crippen LogP) is 6.66. The normalized spacial score (nSPS) is 11.4. The average molecular weight is 543 g/mol. The standard InChI is InChI=1S/C30H26N2O6S/c1-5-37-29(33)28-27(18-9-7-6-8-10-18)32-30(39-28)31-22-17-25(19-11-13-24(35-3)26(15-19)36-4)38-23-14-12-20(34-2)16-21(22)23/h6-17H,5H2,1-4H3/b31-22+. The van der Waals surface area contributed by atoms with Crippen LogP contribution < -0.4 is 19.6 Å². The molecule has 8 nitrogen and oxygen atoms in total. The molecule has 0 saturated heterocycles. The Morgan fingerprint density at radius 1 is 0.897 bits per heavy atom. The summed E-state index contributed by atoms with van der Waals surface area (Å²) in [6.45, 7) is 2.03. The molecule has 0 radical (unpaired) electrons. The average Bonchev–Trinajstić information content (AvgIpc) is 3.41. The van der Waals surface area contributed by atoms with Crippen molar-refractivity contribution in [3.8, 4) is 39.8 Å². The highest BCUT2D eigenvalue weighted by Crippen LogP contribution is 2.35. The summed E-state index contributed by atoms with van der Waals surface area (Å²) in [4.78, 5) is 22.8. The van der Waals surface area contributed by atoms with Gasteiger partial charge in [0.2, 0.25) is 5.13 Å². The first-order chi connectivity index (χ1) is 19.0. The Hall–Kier alpha value is -4.63. The molecule has 5 rings (SSSR count). The molecule has 0 aliphatic rings. The van der Waals surface area contributed by atoms with Gasteiger partial charge in [-0.25, -0.2) is 14.8 Å². The second-order valence-corrected chi connectivity index (χ2v) is 9.28. The fraction of sp³-hybridized carbons (Fsp3) is 0.167. The Kier molecular flexibility index (Phi) is 7.60. The van der Waals surface area contributed by atoms with Gasteiger partial charge in [0, 0.05) is 22.6 Å². The number of esters is 1. The summed E-state index contributed by atoms with van der Waals surface area (Å²) < 4.78 is 27.9. The summed E-state index contributed by atoms with van der Waals surface area (Å²) >= 11 is 1.18. The van der Waals surface area contributed by atoms with Crippen LogP contribution in [0, 0.1) is 0 Å². The minimum absolute atomic E-state index is 0.261. The molecular weight excluding hydrogens is 516 g/mol. The molecule has 2 heterocycles. The zero-order valence-corrected chi connectivity index (χ0v) is 22.7. The number of nitrogens with zero attached hydrogens (tertiary/aromatic N) is 2. The van der Waals surface area contributed by atoms with Crippen molar-refractivity contribution in [3.63, 3.8) is 0 Å². The molecule has 39 heavy (non-hydrogen) atoms. The van der Waals surface area contributed by atoms with Crippen LogP contribution in [0.2, 0.25) is 0 Å². The number of carbonyl (C=O) groups excluding carboxylic acids is 1. The number of thiazole rings is 1. The third-order valence-electron chi connectivity index (χ3n) is 5.96. The lowest BCUT2D eigenvalue weighted by Gasteiger charge is -2.10. The maximum absolute atomic E-state index is 12.8. The Balaban J connectivity index is 1.73. The van der Waals surface area contributed by atoms with Gasteiger partial charge in [-0.2, -0.15) is 0 Å². The summed E-state index contributed by atoms with van der Waals surface area (Å²) in [6, 6.07) is 22.4. The fourth-order valence-corrected chi connectivity index (χ4v) is 4.95. The molecule has 2 aromatic heterocycles. The maximum Gasteiger partial charge on any atom is 0.350 e. The van der Waals surface area contributed by atoms with Gasteiger partial charge < -0.3 is 23.4 Å². The van der Waals surface area contributed by atoms with Crippen molar-refractivity contribution in [2.75, 3.05) is 27.9 Å². The van der Waals surface area contributed by atoms with Crippen LogP contribution in [0.1, 0.15) is 16.6 Å². The third-order valence-corrected chi connectivity index (χ3v) is 6.89. The Labute approximate surface area is 229 Å². The first-order valence-corrected chi connectivity index (χ1v) is 13.0. The molecule has 0 bridgehead atoms. The monoisotopic (exact) mass is 542 g/mol. The van der Waals surface area contributed by atoms with Crippen LogP contribution in [0.25, 0.3) is 33.6 Å². The van der Waals surface area contributed by atoms with E-state index in [0.29, 0.717) is 49.7 Å². The number of hydrogen-bond donors (Lipinski definition) is 0. The van der Waals surface area contributed by atoms with E-state index in [1.54, 1.807) is 28.3 Å². The van der Waals surface area contributed by atoms with Crippen LogP contribution in [0.5, 0.6) is 17.2 Å². The highest BCUT2D eigenvalue weighted by Gasteiger charge is 2.21. The van der Waals surface area contributed by atoms with Gasteiger partial charge in [0.1, 0.15) is 22.0 Å². The lowest BCUT2D eigenvalue weighted by atomic mass is 10.1. The van der Waals surface area contributed by atoms with Crippen LogP contribution in [0.15, 0.2) is 82.2 Å². The Morgan fingerprint density at radius 2 is 1.69 bits per heavy atom. The van der Waals surface area contributed by atoms with Crippen LogP contribution in [-0.2, 0) is 4.74 Å². The molecule has 0 fully saturated rings. The van der Waals surface area contributed by atoms with Crippen molar-refractivity contribution in [3.05, 3.63) is 83.0 Å². The van der Waals surface area contributed by atoms with Gasteiger partial charge in [-0.1, -0.05) is 41.7 Å². The molecule has 0 aliphatic carbocycles. The molecule has 0 N–H and O–H groups in total. The molecule has 198 valence electrons. The van der Waals surface area contributed by atoms with Gasteiger partial charge in [0.25, 0.3) is 0 Å². The first kappa shape index (κ1) is 26.0. The van der Waals surface area contributed by atoms with Crippen molar-refractivity contribution in [1.82, 2.24) is 4.98 Å². The largest absolute Gasteiger partial charge is 0.497 e. The minimum Gasteiger partial charge on any atom is -0.497 e. The number of aromatic nitrogens is 1. The molecular formula is C30H26N2O6S. The van der Waals surface area contributed by atoms with E-state index in [9.17, 15) is 4.79 Å². The van der Waals surface area contributed by atoms with E-state index in [2.05, 4.69) is 0 Å². The quantitative estimate of drug-likeness (QED) is 0.203. The summed E-state index contributed by atoms with van der Waals surface area (Å²) in [7, 11) is 4.77. The Morgan fingerprint density at radius 3 is 2.41 bits per heavy atom. The number of methoxy groups -OCH3 is 3. The van der Waals surface area contributed by atoms with E-state index in [0.717, 1.165) is 16.5 Å². The highest BCUT2D eigenvalue weighted by atomic mass is 32.1. The second kappa shape index (κ2) is 11.4. The van der Waals surface area contributed by atoms with Crippen LogP contribution in [0.3, 0.4) is 0 Å². The van der Waals surface area contributed by atoms with Gasteiger partial charge in [0.05, 0.1) is 39.0 Å². The summed E-state index contributed by atoms with van der Waals surface area (Å²) in [6.07, 6.45) is 0.